The van der Waals surface area contributed by atoms with E-state index in [1.165, 1.54) is 6.07 Å². The van der Waals surface area contributed by atoms with Crippen LogP contribution in [-0.2, 0) is 10.2 Å². The maximum absolute atomic E-state index is 12.9. The van der Waals surface area contributed by atoms with Gasteiger partial charge in [0, 0.05) is 0 Å². The second-order valence-electron chi connectivity index (χ2n) is 3.32. The molecule has 1 fully saturated rings. The second kappa shape index (κ2) is 3.03. The van der Waals surface area contributed by atoms with Gasteiger partial charge in [-0.25, -0.2) is 8.78 Å². The standard InChI is InChI=1S/C10H7F2NO/c11-8-2-1-7(3-9(8)12)10(4-13)5-14-6-10/h1-3H,5-6H2. The smallest absolute Gasteiger partial charge is 0.159 e. The van der Waals surface area contributed by atoms with Gasteiger partial charge in [-0.1, -0.05) is 6.07 Å². The summed E-state index contributed by atoms with van der Waals surface area (Å²) in [6.07, 6.45) is 0. The number of nitriles is 1. The molecular formula is C10H7F2NO. The maximum atomic E-state index is 12.9. The lowest BCUT2D eigenvalue weighted by Crippen LogP contribution is -2.45. The van der Waals surface area contributed by atoms with Gasteiger partial charge in [0.25, 0.3) is 0 Å². The highest BCUT2D eigenvalue weighted by molar-refractivity contribution is 5.35. The van der Waals surface area contributed by atoms with Gasteiger partial charge in [0.2, 0.25) is 0 Å². The zero-order chi connectivity index (χ0) is 10.2. The quantitative estimate of drug-likeness (QED) is 0.684. The van der Waals surface area contributed by atoms with Crippen molar-refractivity contribution in [2.45, 2.75) is 5.41 Å². The van der Waals surface area contributed by atoms with Gasteiger partial charge in [0.05, 0.1) is 19.3 Å². The summed E-state index contributed by atoms with van der Waals surface area (Å²) >= 11 is 0. The minimum atomic E-state index is -0.927. The monoisotopic (exact) mass is 195 g/mol. The fraction of sp³-hybridized carbons (Fsp3) is 0.300. The topological polar surface area (TPSA) is 33.0 Å². The largest absolute Gasteiger partial charge is 0.377 e. The van der Waals surface area contributed by atoms with Crippen LogP contribution in [0.5, 0.6) is 0 Å². The summed E-state index contributed by atoms with van der Waals surface area (Å²) in [5.41, 5.74) is -0.306. The Morgan fingerprint density at radius 3 is 2.43 bits per heavy atom. The molecule has 0 atom stereocenters. The molecule has 1 aromatic rings. The average molecular weight is 195 g/mol. The summed E-state index contributed by atoms with van der Waals surface area (Å²) in [5.74, 6) is -1.83. The van der Waals surface area contributed by atoms with Crippen LogP contribution in [0.1, 0.15) is 5.56 Å². The molecule has 0 spiro atoms. The molecule has 1 aliphatic heterocycles. The number of hydrogen-bond acceptors (Lipinski definition) is 2. The molecule has 1 aromatic carbocycles. The molecule has 0 unspecified atom stereocenters. The molecule has 4 heteroatoms. The van der Waals surface area contributed by atoms with Crippen LogP contribution < -0.4 is 0 Å². The molecule has 1 saturated heterocycles. The zero-order valence-corrected chi connectivity index (χ0v) is 7.26. The van der Waals surface area contributed by atoms with E-state index in [1.807, 2.05) is 0 Å². The Morgan fingerprint density at radius 2 is 2.00 bits per heavy atom. The number of benzene rings is 1. The minimum Gasteiger partial charge on any atom is -0.377 e. The highest BCUT2D eigenvalue weighted by atomic mass is 19.2. The van der Waals surface area contributed by atoms with Crippen molar-refractivity contribution in [2.24, 2.45) is 0 Å². The Balaban J connectivity index is 2.42. The van der Waals surface area contributed by atoms with Crippen LogP contribution in [-0.4, -0.2) is 13.2 Å². The molecule has 72 valence electrons. The minimum absolute atomic E-state index is 0.245. The Kier molecular flexibility index (Phi) is 1.97. The normalized spacial score (nSPS) is 18.4. The summed E-state index contributed by atoms with van der Waals surface area (Å²) in [6, 6.07) is 5.57. The summed E-state index contributed by atoms with van der Waals surface area (Å²) < 4.78 is 30.4. The second-order valence-corrected chi connectivity index (χ2v) is 3.32. The molecule has 1 aliphatic rings. The van der Waals surface area contributed by atoms with Gasteiger partial charge in [-0.3, -0.25) is 0 Å². The molecule has 14 heavy (non-hydrogen) atoms. The highest BCUT2D eigenvalue weighted by Gasteiger charge is 2.41. The maximum Gasteiger partial charge on any atom is 0.159 e. The molecule has 0 bridgehead atoms. The first-order valence-electron chi connectivity index (χ1n) is 4.12. The van der Waals surface area contributed by atoms with E-state index in [4.69, 9.17) is 10.00 Å². The van der Waals surface area contributed by atoms with E-state index in [1.54, 1.807) is 0 Å². The van der Waals surface area contributed by atoms with Crippen molar-refractivity contribution in [3.8, 4) is 6.07 Å². The Morgan fingerprint density at radius 1 is 1.29 bits per heavy atom. The van der Waals surface area contributed by atoms with E-state index < -0.39 is 17.0 Å². The van der Waals surface area contributed by atoms with Crippen LogP contribution in [0.25, 0.3) is 0 Å². The van der Waals surface area contributed by atoms with Crippen molar-refractivity contribution < 1.29 is 13.5 Å². The molecular weight excluding hydrogens is 188 g/mol. The summed E-state index contributed by atoms with van der Waals surface area (Å²) in [5, 5.41) is 8.90. The van der Waals surface area contributed by atoms with Gasteiger partial charge in [-0.15, -0.1) is 0 Å². The van der Waals surface area contributed by atoms with E-state index in [0.717, 1.165) is 12.1 Å². The lowest BCUT2D eigenvalue weighted by molar-refractivity contribution is -0.0299. The molecule has 1 heterocycles. The first-order valence-corrected chi connectivity index (χ1v) is 4.12. The Hall–Kier alpha value is -1.47. The van der Waals surface area contributed by atoms with E-state index >= 15 is 0 Å². The summed E-state index contributed by atoms with van der Waals surface area (Å²) in [6.45, 7) is 0.489. The van der Waals surface area contributed by atoms with Crippen LogP contribution in [0, 0.1) is 23.0 Å². The van der Waals surface area contributed by atoms with E-state index in [0.29, 0.717) is 5.56 Å². The molecule has 0 amide bonds. The zero-order valence-electron chi connectivity index (χ0n) is 7.26. The van der Waals surface area contributed by atoms with Gasteiger partial charge < -0.3 is 4.74 Å². The van der Waals surface area contributed by atoms with Crippen molar-refractivity contribution in [3.63, 3.8) is 0 Å². The molecule has 0 radical (unpaired) electrons. The molecule has 2 rings (SSSR count). The average Bonchev–Trinajstić information content (AvgIpc) is 2.10. The van der Waals surface area contributed by atoms with Crippen molar-refractivity contribution in [1.82, 2.24) is 0 Å². The van der Waals surface area contributed by atoms with E-state index in [2.05, 4.69) is 6.07 Å². The van der Waals surface area contributed by atoms with E-state index in [9.17, 15) is 8.78 Å². The van der Waals surface area contributed by atoms with Crippen molar-refractivity contribution >= 4 is 0 Å². The third-order valence-corrected chi connectivity index (χ3v) is 2.38. The SMILES string of the molecule is N#CC1(c2ccc(F)c(F)c2)COC1. The van der Waals surface area contributed by atoms with Gasteiger partial charge in [-0.05, 0) is 17.7 Å². The predicted octanol–water partition coefficient (Wildman–Crippen LogP) is 1.76. The number of hydrogen-bond donors (Lipinski definition) is 0. The van der Waals surface area contributed by atoms with Gasteiger partial charge in [0.1, 0.15) is 5.41 Å². The highest BCUT2D eigenvalue weighted by Crippen LogP contribution is 2.32. The molecule has 0 aromatic heterocycles. The first kappa shape index (κ1) is 9.10. The molecule has 0 N–H and O–H groups in total. The molecule has 0 saturated carbocycles. The van der Waals surface area contributed by atoms with Crippen LogP contribution in [0.2, 0.25) is 0 Å². The summed E-state index contributed by atoms with van der Waals surface area (Å²) in [4.78, 5) is 0. The third-order valence-electron chi connectivity index (χ3n) is 2.38. The van der Waals surface area contributed by atoms with Crippen molar-refractivity contribution in [1.29, 1.82) is 5.26 Å². The first-order chi connectivity index (χ1) is 6.68. The third kappa shape index (κ3) is 1.17. The number of ether oxygens (including phenoxy) is 1. The van der Waals surface area contributed by atoms with Gasteiger partial charge >= 0.3 is 0 Å². The fourth-order valence-corrected chi connectivity index (χ4v) is 1.40. The van der Waals surface area contributed by atoms with Crippen LogP contribution >= 0.6 is 0 Å². The summed E-state index contributed by atoms with van der Waals surface area (Å²) in [7, 11) is 0. The van der Waals surface area contributed by atoms with Crippen molar-refractivity contribution in [3.05, 3.63) is 35.4 Å². The predicted molar refractivity (Wildman–Crippen MR) is 44.5 cm³/mol. The number of rotatable bonds is 1. The Labute approximate surface area is 79.7 Å². The number of nitrogens with zero attached hydrogens (tertiary/aromatic N) is 1. The van der Waals surface area contributed by atoms with Crippen LogP contribution in [0.3, 0.4) is 0 Å². The van der Waals surface area contributed by atoms with Gasteiger partial charge in [-0.2, -0.15) is 5.26 Å². The number of halogens is 2. The lowest BCUT2D eigenvalue weighted by atomic mass is 9.80. The Bertz CT molecular complexity index is 407. The van der Waals surface area contributed by atoms with Gasteiger partial charge in [0.15, 0.2) is 11.6 Å². The van der Waals surface area contributed by atoms with Crippen LogP contribution in [0.4, 0.5) is 8.78 Å². The molecule has 2 nitrogen and oxygen atoms in total. The fourth-order valence-electron chi connectivity index (χ4n) is 1.40. The van der Waals surface area contributed by atoms with Crippen molar-refractivity contribution in [2.75, 3.05) is 13.2 Å². The lowest BCUT2D eigenvalue weighted by Gasteiger charge is -2.35. The van der Waals surface area contributed by atoms with E-state index in [-0.39, 0.29) is 13.2 Å². The molecule has 0 aliphatic carbocycles. The van der Waals surface area contributed by atoms with Crippen LogP contribution in [0.15, 0.2) is 18.2 Å².